The van der Waals surface area contributed by atoms with Gasteiger partial charge >= 0.3 is 0 Å². The Morgan fingerprint density at radius 3 is 2.88 bits per heavy atom. The van der Waals surface area contributed by atoms with E-state index in [1.165, 1.54) is 0 Å². The van der Waals surface area contributed by atoms with Gasteiger partial charge in [-0.15, -0.1) is 0 Å². The normalized spacial score (nSPS) is 24.2. The van der Waals surface area contributed by atoms with Crippen molar-refractivity contribution in [2.24, 2.45) is 0 Å². The quantitative estimate of drug-likeness (QED) is 0.868. The van der Waals surface area contributed by atoms with Crippen LogP contribution in [0.5, 0.6) is 0 Å². The molecular formula is C18H22N4O2. The van der Waals surface area contributed by atoms with Gasteiger partial charge in [0.2, 0.25) is 0 Å². The molecule has 0 unspecified atom stereocenters. The van der Waals surface area contributed by atoms with Gasteiger partial charge in [-0.1, -0.05) is 30.3 Å². The summed E-state index contributed by atoms with van der Waals surface area (Å²) < 4.78 is 0. The van der Waals surface area contributed by atoms with Crippen molar-refractivity contribution in [1.29, 1.82) is 0 Å². The van der Waals surface area contributed by atoms with Crippen molar-refractivity contribution >= 4 is 5.91 Å². The van der Waals surface area contributed by atoms with E-state index in [0.717, 1.165) is 36.3 Å². The molecule has 0 aliphatic carbocycles. The number of rotatable bonds is 2. The molecule has 2 aliphatic rings. The molecule has 0 spiro atoms. The molecule has 2 N–H and O–H groups in total. The molecule has 2 aliphatic heterocycles. The van der Waals surface area contributed by atoms with Crippen LogP contribution in [-0.2, 0) is 18.6 Å². The standard InChI is InChI=1S/C18H22N4O2/c1-21-9-7-15-14(11-21)16(20-19-15)17(23)22-10-8-18(24,12-22)13-5-3-2-4-6-13/h2-6,24H,7-12H2,1H3,(H,19,20)/t18-/m1/s1. The summed E-state index contributed by atoms with van der Waals surface area (Å²) in [6, 6.07) is 9.59. The van der Waals surface area contributed by atoms with Crippen LogP contribution in [0.1, 0.15) is 33.7 Å². The molecule has 1 aromatic heterocycles. The van der Waals surface area contributed by atoms with Gasteiger partial charge in [-0.05, 0) is 19.0 Å². The van der Waals surface area contributed by atoms with E-state index in [1.807, 2.05) is 37.4 Å². The van der Waals surface area contributed by atoms with E-state index in [0.29, 0.717) is 25.2 Å². The first-order valence-corrected chi connectivity index (χ1v) is 8.39. The van der Waals surface area contributed by atoms with E-state index in [2.05, 4.69) is 15.1 Å². The maximum atomic E-state index is 12.9. The average Bonchev–Trinajstić information content (AvgIpc) is 3.19. The second-order valence-electron chi connectivity index (χ2n) is 6.89. The minimum Gasteiger partial charge on any atom is -0.383 e. The van der Waals surface area contributed by atoms with Crippen LogP contribution in [0.15, 0.2) is 30.3 Å². The topological polar surface area (TPSA) is 72.5 Å². The van der Waals surface area contributed by atoms with Crippen LogP contribution in [0.3, 0.4) is 0 Å². The lowest BCUT2D eigenvalue weighted by molar-refractivity contribution is 0.0415. The summed E-state index contributed by atoms with van der Waals surface area (Å²) in [4.78, 5) is 16.8. The van der Waals surface area contributed by atoms with Crippen LogP contribution in [0.25, 0.3) is 0 Å². The Kier molecular flexibility index (Phi) is 3.66. The summed E-state index contributed by atoms with van der Waals surface area (Å²) in [5.74, 6) is -0.0883. The number of β-amino-alcohol motifs (C(OH)–C–C–N with tert-alkyl or cyclic N) is 1. The highest BCUT2D eigenvalue weighted by molar-refractivity contribution is 5.94. The van der Waals surface area contributed by atoms with Gasteiger partial charge in [0.25, 0.3) is 5.91 Å². The van der Waals surface area contributed by atoms with Crippen LogP contribution < -0.4 is 0 Å². The summed E-state index contributed by atoms with van der Waals surface area (Å²) >= 11 is 0. The number of amides is 1. The minimum atomic E-state index is -0.968. The molecule has 6 nitrogen and oxygen atoms in total. The highest BCUT2D eigenvalue weighted by Crippen LogP contribution is 2.33. The number of carbonyl (C=O) groups is 1. The van der Waals surface area contributed by atoms with Crippen molar-refractivity contribution in [2.45, 2.75) is 25.0 Å². The van der Waals surface area contributed by atoms with Crippen LogP contribution in [0.2, 0.25) is 0 Å². The van der Waals surface area contributed by atoms with E-state index in [-0.39, 0.29) is 5.91 Å². The molecule has 1 amide bonds. The first-order chi connectivity index (χ1) is 11.6. The number of hydrogen-bond acceptors (Lipinski definition) is 4. The van der Waals surface area contributed by atoms with E-state index in [1.54, 1.807) is 4.90 Å². The van der Waals surface area contributed by atoms with Crippen molar-refractivity contribution in [3.63, 3.8) is 0 Å². The van der Waals surface area contributed by atoms with Crippen molar-refractivity contribution in [3.05, 3.63) is 52.8 Å². The zero-order chi connectivity index (χ0) is 16.7. The Bertz CT molecular complexity index is 758. The van der Waals surface area contributed by atoms with Crippen LogP contribution in [-0.4, -0.2) is 57.7 Å². The van der Waals surface area contributed by atoms with E-state index >= 15 is 0 Å². The maximum absolute atomic E-state index is 12.9. The number of aromatic amines is 1. The number of aromatic nitrogens is 2. The van der Waals surface area contributed by atoms with E-state index in [4.69, 9.17) is 0 Å². The zero-order valence-corrected chi connectivity index (χ0v) is 13.8. The molecule has 4 rings (SSSR count). The Balaban J connectivity index is 1.56. The lowest BCUT2D eigenvalue weighted by Gasteiger charge is -2.25. The van der Waals surface area contributed by atoms with E-state index in [9.17, 15) is 9.90 Å². The summed E-state index contributed by atoms with van der Waals surface area (Å²) in [6.45, 7) is 2.57. The number of nitrogens with one attached hydrogen (secondary N) is 1. The highest BCUT2D eigenvalue weighted by Gasteiger charge is 2.41. The van der Waals surface area contributed by atoms with Gasteiger partial charge in [0.1, 0.15) is 5.60 Å². The predicted octanol–water partition coefficient (Wildman–Crippen LogP) is 1.13. The molecule has 126 valence electrons. The molecule has 1 fully saturated rings. The molecule has 3 heterocycles. The van der Waals surface area contributed by atoms with Crippen molar-refractivity contribution in [1.82, 2.24) is 20.0 Å². The number of likely N-dealkylation sites (tertiary alicyclic amines) is 1. The van der Waals surface area contributed by atoms with Gasteiger partial charge in [-0.25, -0.2) is 0 Å². The van der Waals surface area contributed by atoms with Crippen molar-refractivity contribution in [3.8, 4) is 0 Å². The Morgan fingerprint density at radius 1 is 1.29 bits per heavy atom. The van der Waals surface area contributed by atoms with Crippen LogP contribution in [0, 0.1) is 0 Å². The van der Waals surface area contributed by atoms with Gasteiger partial charge in [0, 0.05) is 37.3 Å². The van der Waals surface area contributed by atoms with Gasteiger partial charge in [0.15, 0.2) is 5.69 Å². The number of likely N-dealkylation sites (N-methyl/N-ethyl adjacent to an activating group) is 1. The first kappa shape index (κ1) is 15.4. The van der Waals surface area contributed by atoms with Gasteiger partial charge in [-0.2, -0.15) is 5.10 Å². The second kappa shape index (κ2) is 5.72. The number of nitrogens with zero attached hydrogens (tertiary/aromatic N) is 3. The van der Waals surface area contributed by atoms with Gasteiger partial charge in [-0.3, -0.25) is 9.89 Å². The minimum absolute atomic E-state index is 0.0883. The fraction of sp³-hybridized carbons (Fsp3) is 0.444. The number of benzene rings is 1. The highest BCUT2D eigenvalue weighted by atomic mass is 16.3. The molecule has 1 saturated heterocycles. The summed E-state index contributed by atoms with van der Waals surface area (Å²) in [6.07, 6.45) is 1.44. The smallest absolute Gasteiger partial charge is 0.274 e. The fourth-order valence-corrected chi connectivity index (χ4v) is 3.71. The third-order valence-electron chi connectivity index (χ3n) is 5.17. The zero-order valence-electron chi connectivity index (χ0n) is 13.8. The molecule has 1 atom stereocenters. The first-order valence-electron chi connectivity index (χ1n) is 8.39. The van der Waals surface area contributed by atoms with Crippen molar-refractivity contribution in [2.75, 3.05) is 26.7 Å². The number of aliphatic hydroxyl groups is 1. The molecular weight excluding hydrogens is 304 g/mol. The number of fused-ring (bicyclic) bond motifs is 1. The van der Waals surface area contributed by atoms with E-state index < -0.39 is 5.60 Å². The Hall–Kier alpha value is -2.18. The fourth-order valence-electron chi connectivity index (χ4n) is 3.71. The van der Waals surface area contributed by atoms with Gasteiger partial charge < -0.3 is 14.9 Å². The molecule has 0 radical (unpaired) electrons. The largest absolute Gasteiger partial charge is 0.383 e. The molecule has 0 bridgehead atoms. The molecule has 0 saturated carbocycles. The summed E-state index contributed by atoms with van der Waals surface area (Å²) in [5.41, 5.74) is 2.47. The Labute approximate surface area is 141 Å². The lowest BCUT2D eigenvalue weighted by Crippen LogP contribution is -2.35. The molecule has 1 aromatic carbocycles. The van der Waals surface area contributed by atoms with Crippen molar-refractivity contribution < 1.29 is 9.90 Å². The predicted molar refractivity (Wildman–Crippen MR) is 89.5 cm³/mol. The Morgan fingerprint density at radius 2 is 2.08 bits per heavy atom. The maximum Gasteiger partial charge on any atom is 0.274 e. The average molecular weight is 326 g/mol. The molecule has 6 heteroatoms. The van der Waals surface area contributed by atoms with Gasteiger partial charge in [0.05, 0.1) is 6.54 Å². The third-order valence-corrected chi connectivity index (χ3v) is 5.17. The summed E-state index contributed by atoms with van der Waals surface area (Å²) in [5, 5.41) is 18.2. The second-order valence-corrected chi connectivity index (χ2v) is 6.89. The molecule has 2 aromatic rings. The number of carbonyl (C=O) groups excluding carboxylic acids is 1. The van der Waals surface area contributed by atoms with Crippen LogP contribution in [0.4, 0.5) is 0 Å². The molecule has 24 heavy (non-hydrogen) atoms. The SMILES string of the molecule is CN1CCc2[nH]nc(C(=O)N3CC[C@](O)(c4ccccc4)C3)c2C1. The summed E-state index contributed by atoms with van der Waals surface area (Å²) in [7, 11) is 2.05. The monoisotopic (exact) mass is 326 g/mol. The number of H-pyrrole nitrogens is 1. The third kappa shape index (κ3) is 2.52. The number of hydrogen-bond donors (Lipinski definition) is 2. The van der Waals surface area contributed by atoms with Crippen LogP contribution >= 0.6 is 0 Å². The lowest BCUT2D eigenvalue weighted by atomic mass is 9.93.